The van der Waals surface area contributed by atoms with Crippen LogP contribution in [0.5, 0.6) is 0 Å². The third-order valence-electron chi connectivity index (χ3n) is 2.80. The Morgan fingerprint density at radius 2 is 2.20 bits per heavy atom. The van der Waals surface area contributed by atoms with Gasteiger partial charge in [0.15, 0.2) is 0 Å². The summed E-state index contributed by atoms with van der Waals surface area (Å²) in [6.45, 7) is 0.712. The molecule has 2 rings (SSSR count). The van der Waals surface area contributed by atoms with E-state index in [4.69, 9.17) is 5.73 Å². The summed E-state index contributed by atoms with van der Waals surface area (Å²) >= 11 is 3.90. The molecule has 0 bridgehead atoms. The van der Waals surface area contributed by atoms with Gasteiger partial charge in [0, 0.05) is 18.2 Å². The molecule has 84 valence electrons. The van der Waals surface area contributed by atoms with Crippen molar-refractivity contribution < 1.29 is 0 Å². The monoisotopic (exact) mass is 242 g/mol. The topological polar surface area (TPSA) is 38.9 Å². The molecule has 0 aliphatic carbocycles. The maximum atomic E-state index is 5.52. The molecule has 0 atom stereocenters. The molecule has 1 aliphatic heterocycles. The first kappa shape index (κ1) is 11.4. The van der Waals surface area contributed by atoms with E-state index in [2.05, 4.69) is 22.1 Å². The zero-order chi connectivity index (χ0) is 10.5. The second kappa shape index (κ2) is 5.87. The number of nitrogens with zero attached hydrogens (tertiary/aromatic N) is 1. The van der Waals surface area contributed by atoms with E-state index in [1.165, 1.54) is 41.5 Å². The second-order valence-electron chi connectivity index (χ2n) is 4.03. The molecule has 1 aromatic rings. The first-order valence-corrected chi connectivity index (χ1v) is 7.63. The number of hydrogen-bond acceptors (Lipinski definition) is 4. The van der Waals surface area contributed by atoms with E-state index < -0.39 is 0 Å². The maximum Gasteiger partial charge on any atom is 0.0931 e. The van der Waals surface area contributed by atoms with Crippen LogP contribution in [0.3, 0.4) is 0 Å². The molecule has 2 nitrogen and oxygen atoms in total. The molecule has 4 heteroatoms. The molecule has 0 amide bonds. The van der Waals surface area contributed by atoms with Gasteiger partial charge in [0.25, 0.3) is 0 Å². The minimum absolute atomic E-state index is 0.712. The molecule has 0 radical (unpaired) electrons. The first-order valence-electron chi connectivity index (χ1n) is 5.59. The molecule has 0 saturated carbocycles. The van der Waals surface area contributed by atoms with Gasteiger partial charge in [0.2, 0.25) is 0 Å². The Morgan fingerprint density at radius 3 is 2.93 bits per heavy atom. The van der Waals surface area contributed by atoms with E-state index in [-0.39, 0.29) is 0 Å². The average molecular weight is 242 g/mol. The number of nitrogens with two attached hydrogens (primary N) is 1. The quantitative estimate of drug-likeness (QED) is 0.881. The van der Waals surface area contributed by atoms with E-state index in [0.29, 0.717) is 6.54 Å². The van der Waals surface area contributed by atoms with Crippen molar-refractivity contribution >= 4 is 23.1 Å². The van der Waals surface area contributed by atoms with Crippen LogP contribution in [-0.2, 0) is 12.8 Å². The minimum atomic E-state index is 0.712. The highest BCUT2D eigenvalue weighted by atomic mass is 32.2. The Hall–Kier alpha value is -0.0600. The molecular weight excluding hydrogens is 224 g/mol. The molecule has 1 aromatic heterocycles. The highest BCUT2D eigenvalue weighted by molar-refractivity contribution is 7.99. The Bertz CT molecular complexity index is 293. The number of thioether (sulfide) groups is 1. The van der Waals surface area contributed by atoms with Crippen molar-refractivity contribution in [1.29, 1.82) is 0 Å². The van der Waals surface area contributed by atoms with Gasteiger partial charge in [-0.1, -0.05) is 0 Å². The van der Waals surface area contributed by atoms with Crippen molar-refractivity contribution in [2.45, 2.75) is 25.7 Å². The summed E-state index contributed by atoms with van der Waals surface area (Å²) < 4.78 is 0. The summed E-state index contributed by atoms with van der Waals surface area (Å²) in [6.07, 6.45) is 4.86. The van der Waals surface area contributed by atoms with Crippen molar-refractivity contribution in [2.24, 2.45) is 11.7 Å². The predicted molar refractivity (Wildman–Crippen MR) is 68.6 cm³/mol. The number of thiazole rings is 1. The third kappa shape index (κ3) is 3.47. The Morgan fingerprint density at radius 1 is 1.40 bits per heavy atom. The van der Waals surface area contributed by atoms with Crippen LogP contribution in [0.25, 0.3) is 0 Å². The van der Waals surface area contributed by atoms with Crippen LogP contribution in [0.4, 0.5) is 0 Å². The van der Waals surface area contributed by atoms with E-state index in [9.17, 15) is 0 Å². The van der Waals surface area contributed by atoms with E-state index in [1.54, 1.807) is 0 Å². The molecule has 1 aliphatic rings. The van der Waals surface area contributed by atoms with Crippen LogP contribution in [0, 0.1) is 5.92 Å². The van der Waals surface area contributed by atoms with E-state index in [1.807, 2.05) is 11.3 Å². The van der Waals surface area contributed by atoms with E-state index >= 15 is 0 Å². The van der Waals surface area contributed by atoms with Crippen molar-refractivity contribution in [3.8, 4) is 0 Å². The van der Waals surface area contributed by atoms with Gasteiger partial charge in [0.05, 0.1) is 10.7 Å². The highest BCUT2D eigenvalue weighted by Gasteiger charge is 2.15. The lowest BCUT2D eigenvalue weighted by molar-refractivity contribution is 0.486. The van der Waals surface area contributed by atoms with Crippen LogP contribution in [0.15, 0.2) is 5.38 Å². The summed E-state index contributed by atoms with van der Waals surface area (Å²) in [5.41, 5.74) is 6.70. The number of aromatic nitrogens is 1. The molecule has 0 aromatic carbocycles. The lowest BCUT2D eigenvalue weighted by Crippen LogP contribution is -2.12. The fraction of sp³-hybridized carbons (Fsp3) is 0.727. The Kier molecular flexibility index (Phi) is 4.47. The molecule has 15 heavy (non-hydrogen) atoms. The average Bonchev–Trinajstić information content (AvgIpc) is 2.68. The van der Waals surface area contributed by atoms with Gasteiger partial charge in [-0.05, 0) is 36.8 Å². The summed E-state index contributed by atoms with van der Waals surface area (Å²) in [5.74, 6) is 3.56. The van der Waals surface area contributed by atoms with Crippen molar-refractivity contribution in [2.75, 3.05) is 18.1 Å². The maximum absolute atomic E-state index is 5.52. The van der Waals surface area contributed by atoms with Gasteiger partial charge in [-0.25, -0.2) is 4.98 Å². The zero-order valence-corrected chi connectivity index (χ0v) is 10.6. The molecule has 0 unspecified atom stereocenters. The lowest BCUT2D eigenvalue weighted by atomic mass is 9.99. The van der Waals surface area contributed by atoms with Gasteiger partial charge >= 0.3 is 0 Å². The third-order valence-corrected chi connectivity index (χ3v) is 4.77. The number of rotatable bonds is 4. The Balaban J connectivity index is 1.86. The predicted octanol–water partition coefficient (Wildman–Crippen LogP) is 2.33. The van der Waals surface area contributed by atoms with E-state index in [0.717, 1.165) is 12.3 Å². The van der Waals surface area contributed by atoms with Crippen molar-refractivity contribution in [3.05, 3.63) is 16.1 Å². The summed E-state index contributed by atoms with van der Waals surface area (Å²) in [7, 11) is 0. The lowest BCUT2D eigenvalue weighted by Gasteiger charge is -2.19. The van der Waals surface area contributed by atoms with Gasteiger partial charge in [-0.2, -0.15) is 11.8 Å². The molecule has 2 N–H and O–H groups in total. The van der Waals surface area contributed by atoms with Crippen molar-refractivity contribution in [1.82, 2.24) is 4.98 Å². The molecule has 0 spiro atoms. The second-order valence-corrected chi connectivity index (χ2v) is 6.20. The smallest absolute Gasteiger partial charge is 0.0931 e. The van der Waals surface area contributed by atoms with Gasteiger partial charge in [0.1, 0.15) is 0 Å². The molecule has 2 heterocycles. The largest absolute Gasteiger partial charge is 0.330 e. The summed E-state index contributed by atoms with van der Waals surface area (Å²) in [6, 6.07) is 0. The van der Waals surface area contributed by atoms with Crippen LogP contribution < -0.4 is 5.73 Å². The van der Waals surface area contributed by atoms with Crippen LogP contribution in [0.2, 0.25) is 0 Å². The number of hydrogen-bond donors (Lipinski definition) is 1. The standard InChI is InChI=1S/C11H18N2S2/c12-4-1-10-8-15-11(13-10)7-9-2-5-14-6-3-9/h8-9H,1-7,12H2. The fourth-order valence-electron chi connectivity index (χ4n) is 1.90. The van der Waals surface area contributed by atoms with Gasteiger partial charge in [-0.15, -0.1) is 11.3 Å². The highest BCUT2D eigenvalue weighted by Crippen LogP contribution is 2.26. The van der Waals surface area contributed by atoms with Crippen LogP contribution >= 0.6 is 23.1 Å². The Labute approximate surface area is 99.7 Å². The normalized spacial score (nSPS) is 18.2. The van der Waals surface area contributed by atoms with Crippen molar-refractivity contribution in [3.63, 3.8) is 0 Å². The first-order chi connectivity index (χ1) is 7.38. The summed E-state index contributed by atoms with van der Waals surface area (Å²) in [5, 5.41) is 3.48. The minimum Gasteiger partial charge on any atom is -0.330 e. The van der Waals surface area contributed by atoms with Gasteiger partial charge in [-0.3, -0.25) is 0 Å². The summed E-state index contributed by atoms with van der Waals surface area (Å²) in [4.78, 5) is 4.63. The SMILES string of the molecule is NCCc1csc(CC2CCSCC2)n1. The van der Waals surface area contributed by atoms with Crippen LogP contribution in [-0.4, -0.2) is 23.0 Å². The molecular formula is C11H18N2S2. The molecule has 1 saturated heterocycles. The zero-order valence-electron chi connectivity index (χ0n) is 8.95. The fourth-order valence-corrected chi connectivity index (χ4v) is 4.05. The van der Waals surface area contributed by atoms with Gasteiger partial charge < -0.3 is 5.73 Å². The van der Waals surface area contributed by atoms with Crippen LogP contribution in [0.1, 0.15) is 23.5 Å². The molecule has 1 fully saturated rings.